The lowest BCUT2D eigenvalue weighted by molar-refractivity contribution is -0.128. The van der Waals surface area contributed by atoms with Gasteiger partial charge < -0.3 is 9.80 Å². The first-order valence-corrected chi connectivity index (χ1v) is 10.7. The Morgan fingerprint density at radius 1 is 1.10 bits per heavy atom. The van der Waals surface area contributed by atoms with E-state index in [1.165, 1.54) is 0 Å². The van der Waals surface area contributed by atoms with E-state index in [0.29, 0.717) is 34.2 Å². The summed E-state index contributed by atoms with van der Waals surface area (Å²) in [6, 6.07) is 12.3. The van der Waals surface area contributed by atoms with E-state index in [4.69, 9.17) is 28.2 Å². The number of ketones is 1. The molecule has 156 valence electrons. The van der Waals surface area contributed by atoms with Gasteiger partial charge >= 0.3 is 0 Å². The summed E-state index contributed by atoms with van der Waals surface area (Å²) in [5.41, 5.74) is 1.82. The van der Waals surface area contributed by atoms with E-state index in [1.807, 2.05) is 6.92 Å². The van der Waals surface area contributed by atoms with Crippen LogP contribution in [0.1, 0.15) is 34.3 Å². The van der Waals surface area contributed by atoms with Gasteiger partial charge in [0.2, 0.25) is 0 Å². The van der Waals surface area contributed by atoms with Gasteiger partial charge in [-0.25, -0.2) is 0 Å². The van der Waals surface area contributed by atoms with E-state index < -0.39 is 5.66 Å². The second-order valence-corrected chi connectivity index (χ2v) is 8.88. The highest BCUT2D eigenvalue weighted by Gasteiger charge is 2.49. The summed E-state index contributed by atoms with van der Waals surface area (Å²) >= 11 is 12.1. The number of nitrogens with zero attached hydrogens (tertiary/aromatic N) is 3. The van der Waals surface area contributed by atoms with Crippen molar-refractivity contribution < 1.29 is 9.59 Å². The van der Waals surface area contributed by atoms with Crippen LogP contribution in [0.15, 0.2) is 47.5 Å². The quantitative estimate of drug-likeness (QED) is 0.663. The fourth-order valence-electron chi connectivity index (χ4n) is 4.06. The van der Waals surface area contributed by atoms with Gasteiger partial charge in [-0.2, -0.15) is 0 Å². The predicted molar refractivity (Wildman–Crippen MR) is 120 cm³/mol. The third-order valence-electron chi connectivity index (χ3n) is 5.96. The molecule has 4 rings (SSSR count). The lowest BCUT2D eigenvalue weighted by atomic mass is 9.95. The zero-order chi connectivity index (χ0) is 21.5. The number of carbonyl (C=O) groups is 2. The first kappa shape index (κ1) is 21.0. The summed E-state index contributed by atoms with van der Waals surface area (Å²) in [6.45, 7) is 3.48. The summed E-state index contributed by atoms with van der Waals surface area (Å²) in [5, 5.41) is 1.22. The van der Waals surface area contributed by atoms with Crippen molar-refractivity contribution in [3.05, 3.63) is 69.2 Å². The van der Waals surface area contributed by atoms with Crippen LogP contribution in [0.2, 0.25) is 10.0 Å². The Morgan fingerprint density at radius 2 is 1.77 bits per heavy atom. The molecule has 0 N–H and O–H groups in total. The standard InChI is InChI=1S/C23H23Cl2N3O2/c1-15-13-17(5-8-19(15)25)20(29)14-28-22(30)21(16-3-6-18(24)7-4-16)26-23(28)9-11-27(2)12-10-23/h3-8,13H,9-12,14H2,1-2H3. The van der Waals surface area contributed by atoms with E-state index in [2.05, 4.69) is 11.9 Å². The van der Waals surface area contributed by atoms with Crippen molar-refractivity contribution in [1.29, 1.82) is 0 Å². The molecule has 0 aromatic heterocycles. The van der Waals surface area contributed by atoms with Crippen molar-refractivity contribution in [1.82, 2.24) is 9.80 Å². The van der Waals surface area contributed by atoms with E-state index in [1.54, 1.807) is 47.4 Å². The van der Waals surface area contributed by atoms with Gasteiger partial charge in [0.1, 0.15) is 11.4 Å². The van der Waals surface area contributed by atoms with Gasteiger partial charge in [-0.3, -0.25) is 14.6 Å². The Morgan fingerprint density at radius 3 is 2.40 bits per heavy atom. The lowest BCUT2D eigenvalue weighted by Crippen LogP contribution is -2.54. The number of aryl methyl sites for hydroxylation is 1. The summed E-state index contributed by atoms with van der Waals surface area (Å²) in [4.78, 5) is 35.3. The Bertz CT molecular complexity index is 1030. The van der Waals surface area contributed by atoms with Crippen LogP contribution in [0.5, 0.6) is 0 Å². The minimum atomic E-state index is -0.685. The van der Waals surface area contributed by atoms with Crippen LogP contribution in [-0.2, 0) is 4.79 Å². The summed E-state index contributed by atoms with van der Waals surface area (Å²) in [7, 11) is 2.05. The van der Waals surface area contributed by atoms with Crippen molar-refractivity contribution in [3.8, 4) is 0 Å². The number of aliphatic imine (C=N–C) groups is 1. The van der Waals surface area contributed by atoms with Gasteiger partial charge in [0.25, 0.3) is 5.91 Å². The monoisotopic (exact) mass is 443 g/mol. The molecule has 0 saturated carbocycles. The highest BCUT2D eigenvalue weighted by molar-refractivity contribution is 6.47. The number of likely N-dealkylation sites (tertiary alicyclic amines) is 1. The van der Waals surface area contributed by atoms with E-state index in [-0.39, 0.29) is 18.2 Å². The number of amides is 1. The molecule has 2 heterocycles. The van der Waals surface area contributed by atoms with Crippen LogP contribution in [0.4, 0.5) is 0 Å². The molecule has 0 unspecified atom stereocenters. The Hall–Kier alpha value is -2.21. The van der Waals surface area contributed by atoms with Crippen LogP contribution in [0.25, 0.3) is 0 Å². The zero-order valence-corrected chi connectivity index (χ0v) is 18.5. The van der Waals surface area contributed by atoms with Crippen molar-refractivity contribution in [2.45, 2.75) is 25.4 Å². The van der Waals surface area contributed by atoms with Crippen LogP contribution in [-0.4, -0.2) is 59.5 Å². The van der Waals surface area contributed by atoms with Crippen LogP contribution < -0.4 is 0 Å². The fourth-order valence-corrected chi connectivity index (χ4v) is 4.30. The van der Waals surface area contributed by atoms with Gasteiger partial charge in [-0.1, -0.05) is 35.3 Å². The number of Topliss-reactive ketones (excluding diaryl/α,β-unsaturated/α-hetero) is 1. The van der Waals surface area contributed by atoms with Gasteiger partial charge in [-0.05, 0) is 49.9 Å². The summed E-state index contributed by atoms with van der Waals surface area (Å²) in [5.74, 6) is -0.324. The maximum atomic E-state index is 13.4. The summed E-state index contributed by atoms with van der Waals surface area (Å²) in [6.07, 6.45) is 1.39. The Kier molecular flexibility index (Phi) is 5.71. The van der Waals surface area contributed by atoms with Crippen LogP contribution in [0, 0.1) is 6.92 Å². The number of hydrogen-bond acceptors (Lipinski definition) is 4. The highest BCUT2D eigenvalue weighted by Crippen LogP contribution is 2.36. The molecule has 7 heteroatoms. The largest absolute Gasteiger partial charge is 0.306 e. The molecule has 0 atom stereocenters. The van der Waals surface area contributed by atoms with Crippen molar-refractivity contribution in [2.75, 3.05) is 26.7 Å². The normalized spacial score (nSPS) is 18.7. The maximum Gasteiger partial charge on any atom is 0.275 e. The van der Waals surface area contributed by atoms with Crippen molar-refractivity contribution in [2.24, 2.45) is 4.99 Å². The van der Waals surface area contributed by atoms with E-state index >= 15 is 0 Å². The number of benzene rings is 2. The minimum Gasteiger partial charge on any atom is -0.306 e. The second-order valence-electron chi connectivity index (χ2n) is 8.03. The Balaban J connectivity index is 1.66. The lowest BCUT2D eigenvalue weighted by Gasteiger charge is -2.41. The fraction of sp³-hybridized carbons (Fsp3) is 0.348. The van der Waals surface area contributed by atoms with Crippen molar-refractivity contribution in [3.63, 3.8) is 0 Å². The molecule has 1 amide bonds. The predicted octanol–water partition coefficient (Wildman–Crippen LogP) is 4.24. The smallest absolute Gasteiger partial charge is 0.275 e. The van der Waals surface area contributed by atoms with Gasteiger partial charge in [0, 0.05) is 47.1 Å². The average Bonchev–Trinajstić information content (AvgIpc) is 2.99. The molecule has 1 fully saturated rings. The second kappa shape index (κ2) is 8.14. The van der Waals surface area contributed by atoms with E-state index in [0.717, 1.165) is 24.2 Å². The SMILES string of the molecule is Cc1cc(C(=O)CN2C(=O)C(c3ccc(Cl)cc3)=NC23CCN(C)CC3)ccc1Cl. The van der Waals surface area contributed by atoms with Gasteiger partial charge in [0.05, 0.1) is 6.54 Å². The highest BCUT2D eigenvalue weighted by atomic mass is 35.5. The third-order valence-corrected chi connectivity index (χ3v) is 6.63. The molecular formula is C23H23Cl2N3O2. The van der Waals surface area contributed by atoms with Gasteiger partial charge in [0.15, 0.2) is 5.78 Å². The Labute approximate surface area is 186 Å². The molecule has 0 radical (unpaired) electrons. The van der Waals surface area contributed by atoms with Crippen LogP contribution >= 0.6 is 23.2 Å². The maximum absolute atomic E-state index is 13.4. The van der Waals surface area contributed by atoms with Crippen LogP contribution in [0.3, 0.4) is 0 Å². The average molecular weight is 444 g/mol. The molecule has 2 aliphatic rings. The first-order valence-electron chi connectivity index (χ1n) is 9.95. The number of rotatable bonds is 4. The van der Waals surface area contributed by atoms with E-state index in [9.17, 15) is 9.59 Å². The first-order chi connectivity index (χ1) is 14.3. The number of hydrogen-bond donors (Lipinski definition) is 0. The molecule has 30 heavy (non-hydrogen) atoms. The number of halogens is 2. The number of carbonyl (C=O) groups excluding carboxylic acids is 2. The zero-order valence-electron chi connectivity index (χ0n) is 17.0. The third kappa shape index (κ3) is 3.89. The molecule has 1 spiro atoms. The molecule has 2 aromatic rings. The summed E-state index contributed by atoms with van der Waals surface area (Å²) < 4.78 is 0. The molecule has 5 nitrogen and oxygen atoms in total. The molecular weight excluding hydrogens is 421 g/mol. The van der Waals surface area contributed by atoms with Gasteiger partial charge in [-0.15, -0.1) is 0 Å². The molecule has 2 aromatic carbocycles. The molecule has 0 bridgehead atoms. The van der Waals surface area contributed by atoms with Crippen molar-refractivity contribution >= 4 is 40.6 Å². The molecule has 0 aliphatic carbocycles. The number of piperidine rings is 1. The topological polar surface area (TPSA) is 53.0 Å². The molecule has 1 saturated heterocycles. The minimum absolute atomic E-state index is 0.00971. The molecule has 2 aliphatic heterocycles.